The van der Waals surface area contributed by atoms with E-state index in [4.69, 9.17) is 16.0 Å². The zero-order valence-electron chi connectivity index (χ0n) is 12.2. The van der Waals surface area contributed by atoms with Crippen LogP contribution in [0.5, 0.6) is 0 Å². The Bertz CT molecular complexity index is 609. The van der Waals surface area contributed by atoms with Crippen LogP contribution in [0.1, 0.15) is 19.8 Å². The van der Waals surface area contributed by atoms with Gasteiger partial charge in [-0.25, -0.2) is 0 Å². The summed E-state index contributed by atoms with van der Waals surface area (Å²) in [4.78, 5) is 0. The van der Waals surface area contributed by atoms with E-state index in [1.165, 1.54) is 0 Å². The van der Waals surface area contributed by atoms with Crippen molar-refractivity contribution in [3.05, 3.63) is 48.5 Å². The molecule has 0 radical (unpaired) electrons. The molecule has 0 spiro atoms. The monoisotopic (exact) mass is 304 g/mol. The molecule has 0 aromatic heterocycles. The Labute approximate surface area is 125 Å². The average molecular weight is 304 g/mol. The molecule has 5 heteroatoms. The van der Waals surface area contributed by atoms with Crippen LogP contribution in [0.2, 0.25) is 0 Å². The lowest BCUT2D eigenvalue weighted by Gasteiger charge is -2.20. The zero-order chi connectivity index (χ0) is 15.3. The van der Waals surface area contributed by atoms with Gasteiger partial charge in [0, 0.05) is 22.0 Å². The van der Waals surface area contributed by atoms with Crippen LogP contribution in [0.15, 0.2) is 48.5 Å². The fourth-order valence-electron chi connectivity index (χ4n) is 2.05. The summed E-state index contributed by atoms with van der Waals surface area (Å²) in [5.74, 6) is 0. The van der Waals surface area contributed by atoms with Gasteiger partial charge in [0.25, 0.3) is 7.37 Å². The highest BCUT2D eigenvalue weighted by atomic mass is 31.2. The van der Waals surface area contributed by atoms with Gasteiger partial charge in [0.15, 0.2) is 0 Å². The van der Waals surface area contributed by atoms with Crippen LogP contribution < -0.4 is 22.1 Å². The van der Waals surface area contributed by atoms with Gasteiger partial charge in [-0.1, -0.05) is 25.5 Å². The molecule has 2 aromatic carbocycles. The Morgan fingerprint density at radius 1 is 1.00 bits per heavy atom. The van der Waals surface area contributed by atoms with Gasteiger partial charge in [0.05, 0.1) is 6.61 Å². The summed E-state index contributed by atoms with van der Waals surface area (Å²) in [5, 5.41) is 1.20. The Balaban J connectivity index is 2.46. The van der Waals surface area contributed by atoms with E-state index < -0.39 is 7.37 Å². The first-order valence-electron chi connectivity index (χ1n) is 7.03. The van der Waals surface area contributed by atoms with Gasteiger partial charge in [-0.2, -0.15) is 0 Å². The number of unbranched alkanes of at least 4 members (excludes halogenated alkanes) is 1. The zero-order valence-corrected chi connectivity index (χ0v) is 13.1. The lowest BCUT2D eigenvalue weighted by Crippen LogP contribution is -2.19. The van der Waals surface area contributed by atoms with Gasteiger partial charge >= 0.3 is 0 Å². The van der Waals surface area contributed by atoms with E-state index in [1.54, 1.807) is 48.5 Å². The standard InChI is InChI=1S/C16H21N2O2P/c1-2-3-10-20-21(19,15-8-4-6-13(17)11-15)16-9-5-7-14(18)12-16/h4-9,11-12H,2-3,10,17-18H2,1H3. The Kier molecular flexibility index (Phi) is 5.05. The van der Waals surface area contributed by atoms with Crippen LogP contribution in [-0.4, -0.2) is 6.61 Å². The smallest absolute Gasteiger partial charge is 0.261 e. The van der Waals surface area contributed by atoms with E-state index in [0.29, 0.717) is 28.6 Å². The molecule has 0 fully saturated rings. The van der Waals surface area contributed by atoms with Gasteiger partial charge in [-0.05, 0) is 42.8 Å². The first kappa shape index (κ1) is 15.6. The normalized spacial score (nSPS) is 11.5. The summed E-state index contributed by atoms with van der Waals surface area (Å²) in [5.41, 5.74) is 12.8. The van der Waals surface area contributed by atoms with E-state index in [2.05, 4.69) is 6.92 Å². The molecule has 0 amide bonds. The quantitative estimate of drug-likeness (QED) is 0.488. The summed E-state index contributed by atoms with van der Waals surface area (Å²) < 4.78 is 19.3. The number of hydrogen-bond donors (Lipinski definition) is 2. The second-order valence-electron chi connectivity index (χ2n) is 4.93. The SMILES string of the molecule is CCCCOP(=O)(c1cccc(N)c1)c1cccc(N)c1. The van der Waals surface area contributed by atoms with Gasteiger partial charge in [0.1, 0.15) is 0 Å². The summed E-state index contributed by atoms with van der Waals surface area (Å²) in [7, 11) is -3.17. The third kappa shape index (κ3) is 3.66. The molecule has 2 rings (SSSR count). The minimum absolute atomic E-state index is 0.442. The third-order valence-electron chi connectivity index (χ3n) is 3.19. The molecule has 112 valence electrons. The molecular weight excluding hydrogens is 283 g/mol. The lowest BCUT2D eigenvalue weighted by atomic mass is 10.3. The molecule has 0 aliphatic heterocycles. The maximum Gasteiger partial charge on any atom is 0.261 e. The van der Waals surface area contributed by atoms with Crippen molar-refractivity contribution in [3.8, 4) is 0 Å². The second kappa shape index (κ2) is 6.79. The third-order valence-corrected chi connectivity index (χ3v) is 5.65. The predicted octanol–water partition coefficient (Wildman–Crippen LogP) is 2.90. The number of anilines is 2. The molecule has 0 bridgehead atoms. The van der Waals surface area contributed by atoms with Gasteiger partial charge < -0.3 is 16.0 Å². The Morgan fingerprint density at radius 2 is 1.52 bits per heavy atom. The number of nitrogen functional groups attached to an aromatic ring is 2. The van der Waals surface area contributed by atoms with E-state index in [0.717, 1.165) is 12.8 Å². The molecule has 2 aromatic rings. The molecule has 21 heavy (non-hydrogen) atoms. The highest BCUT2D eigenvalue weighted by Gasteiger charge is 2.28. The first-order chi connectivity index (χ1) is 10.1. The topological polar surface area (TPSA) is 78.3 Å². The van der Waals surface area contributed by atoms with Crippen molar-refractivity contribution >= 4 is 29.4 Å². The lowest BCUT2D eigenvalue weighted by molar-refractivity contribution is 0.318. The van der Waals surface area contributed by atoms with Crippen molar-refractivity contribution in [1.29, 1.82) is 0 Å². The van der Waals surface area contributed by atoms with Crippen LogP contribution in [0.3, 0.4) is 0 Å². The minimum Gasteiger partial charge on any atom is -0.399 e. The van der Waals surface area contributed by atoms with Crippen LogP contribution >= 0.6 is 7.37 Å². The van der Waals surface area contributed by atoms with Crippen LogP contribution in [-0.2, 0) is 9.09 Å². The molecule has 0 atom stereocenters. The van der Waals surface area contributed by atoms with Crippen molar-refractivity contribution in [1.82, 2.24) is 0 Å². The Morgan fingerprint density at radius 3 is 1.95 bits per heavy atom. The average Bonchev–Trinajstić information content (AvgIpc) is 2.47. The van der Waals surface area contributed by atoms with Crippen molar-refractivity contribution in [2.45, 2.75) is 19.8 Å². The fourth-order valence-corrected chi connectivity index (χ4v) is 4.24. The summed E-state index contributed by atoms with van der Waals surface area (Å²) in [6, 6.07) is 14.1. The number of hydrogen-bond acceptors (Lipinski definition) is 4. The number of nitrogens with two attached hydrogens (primary N) is 2. The van der Waals surface area contributed by atoms with Gasteiger partial charge in [0.2, 0.25) is 0 Å². The second-order valence-corrected chi connectivity index (χ2v) is 7.32. The molecular formula is C16H21N2O2P. The predicted molar refractivity (Wildman–Crippen MR) is 89.4 cm³/mol. The largest absolute Gasteiger partial charge is 0.399 e. The van der Waals surface area contributed by atoms with Crippen LogP contribution in [0.4, 0.5) is 11.4 Å². The molecule has 0 unspecified atom stereocenters. The van der Waals surface area contributed by atoms with E-state index in [1.807, 2.05) is 0 Å². The summed E-state index contributed by atoms with van der Waals surface area (Å²) in [6.07, 6.45) is 1.84. The fraction of sp³-hybridized carbons (Fsp3) is 0.250. The molecule has 4 nitrogen and oxygen atoms in total. The van der Waals surface area contributed by atoms with E-state index in [-0.39, 0.29) is 0 Å². The van der Waals surface area contributed by atoms with Gasteiger partial charge in [-0.3, -0.25) is 4.57 Å². The molecule has 0 heterocycles. The van der Waals surface area contributed by atoms with Gasteiger partial charge in [-0.15, -0.1) is 0 Å². The highest BCUT2D eigenvalue weighted by molar-refractivity contribution is 7.74. The van der Waals surface area contributed by atoms with Crippen LogP contribution in [0.25, 0.3) is 0 Å². The molecule has 0 aliphatic carbocycles. The maximum absolute atomic E-state index is 13.5. The summed E-state index contributed by atoms with van der Waals surface area (Å²) >= 11 is 0. The van der Waals surface area contributed by atoms with Crippen molar-refractivity contribution in [2.75, 3.05) is 18.1 Å². The van der Waals surface area contributed by atoms with E-state index in [9.17, 15) is 4.57 Å². The molecule has 0 saturated heterocycles. The number of rotatable bonds is 6. The maximum atomic E-state index is 13.5. The molecule has 0 saturated carbocycles. The number of benzene rings is 2. The Hall–Kier alpha value is -1.77. The minimum atomic E-state index is -3.17. The first-order valence-corrected chi connectivity index (χ1v) is 8.65. The van der Waals surface area contributed by atoms with E-state index >= 15 is 0 Å². The van der Waals surface area contributed by atoms with Crippen molar-refractivity contribution < 1.29 is 9.09 Å². The van der Waals surface area contributed by atoms with Crippen molar-refractivity contribution in [3.63, 3.8) is 0 Å². The van der Waals surface area contributed by atoms with Crippen molar-refractivity contribution in [2.24, 2.45) is 0 Å². The van der Waals surface area contributed by atoms with Crippen LogP contribution in [0, 0.1) is 0 Å². The molecule has 0 aliphatic rings. The highest BCUT2D eigenvalue weighted by Crippen LogP contribution is 2.45. The summed E-state index contributed by atoms with van der Waals surface area (Å²) in [6.45, 7) is 2.51. The molecule has 4 N–H and O–H groups in total.